The molecule has 1 aromatic heterocycles. The smallest absolute Gasteiger partial charge is 0.244 e. The normalized spacial score (nSPS) is 11.4. The molecule has 35 heavy (non-hydrogen) atoms. The number of rotatable bonds is 8. The van der Waals surface area contributed by atoms with E-state index in [9.17, 15) is 4.79 Å². The lowest BCUT2D eigenvalue weighted by Crippen LogP contribution is -2.21. The van der Waals surface area contributed by atoms with Crippen LogP contribution < -0.4 is 19.5 Å². The maximum Gasteiger partial charge on any atom is 0.244 e. The van der Waals surface area contributed by atoms with Crippen molar-refractivity contribution in [1.82, 2.24) is 5.32 Å². The van der Waals surface area contributed by atoms with Crippen molar-refractivity contribution in [3.05, 3.63) is 83.6 Å². The fourth-order valence-corrected chi connectivity index (χ4v) is 4.30. The number of methoxy groups -OCH3 is 3. The van der Waals surface area contributed by atoms with Gasteiger partial charge in [0.2, 0.25) is 5.91 Å². The van der Waals surface area contributed by atoms with Gasteiger partial charge in [-0.1, -0.05) is 36.4 Å². The van der Waals surface area contributed by atoms with E-state index in [-0.39, 0.29) is 5.91 Å². The highest BCUT2D eigenvalue weighted by Gasteiger charge is 2.20. The molecule has 1 amide bonds. The van der Waals surface area contributed by atoms with Crippen LogP contribution in [0.4, 0.5) is 0 Å². The Hall–Kier alpha value is -4.19. The highest BCUT2D eigenvalue weighted by Crippen LogP contribution is 2.42. The molecule has 3 aromatic carbocycles. The van der Waals surface area contributed by atoms with E-state index in [4.69, 9.17) is 18.6 Å². The summed E-state index contributed by atoms with van der Waals surface area (Å²) in [6.07, 6.45) is 3.32. The summed E-state index contributed by atoms with van der Waals surface area (Å²) < 4.78 is 22.6. The third-order valence-corrected chi connectivity index (χ3v) is 6.06. The van der Waals surface area contributed by atoms with Crippen LogP contribution in [0.3, 0.4) is 0 Å². The summed E-state index contributed by atoms with van der Waals surface area (Å²) in [4.78, 5) is 12.8. The summed E-state index contributed by atoms with van der Waals surface area (Å²) in [7, 11) is 4.89. The molecule has 1 N–H and O–H groups in total. The Labute approximate surface area is 205 Å². The number of carbonyl (C=O) groups excluding carboxylic acids is 1. The van der Waals surface area contributed by atoms with Crippen LogP contribution in [0, 0.1) is 6.92 Å². The van der Waals surface area contributed by atoms with Crippen molar-refractivity contribution in [1.29, 1.82) is 0 Å². The molecule has 0 aliphatic carbocycles. The number of carbonyl (C=O) groups is 1. The third kappa shape index (κ3) is 4.73. The number of ether oxygens (including phenoxy) is 3. The first-order valence-corrected chi connectivity index (χ1v) is 11.3. The number of amides is 1. The summed E-state index contributed by atoms with van der Waals surface area (Å²) in [5, 5.41) is 3.86. The largest absolute Gasteiger partial charge is 0.496 e. The molecule has 0 bridgehead atoms. The van der Waals surface area contributed by atoms with Crippen LogP contribution in [0.15, 0.2) is 71.4 Å². The lowest BCUT2D eigenvalue weighted by Gasteiger charge is -2.14. The number of hydrogen-bond donors (Lipinski definition) is 1. The minimum Gasteiger partial charge on any atom is -0.496 e. The predicted molar refractivity (Wildman–Crippen MR) is 138 cm³/mol. The fourth-order valence-electron chi connectivity index (χ4n) is 4.30. The topological polar surface area (TPSA) is 69.9 Å². The van der Waals surface area contributed by atoms with Gasteiger partial charge < -0.3 is 23.9 Å². The minimum absolute atomic E-state index is 0.203. The maximum absolute atomic E-state index is 12.8. The zero-order valence-electron chi connectivity index (χ0n) is 20.6. The van der Waals surface area contributed by atoms with Crippen LogP contribution in [0.25, 0.3) is 27.7 Å². The monoisotopic (exact) mass is 471 g/mol. The van der Waals surface area contributed by atoms with Gasteiger partial charge in [0, 0.05) is 45.8 Å². The number of para-hydroxylation sites is 2. The molecule has 0 saturated carbocycles. The Morgan fingerprint density at radius 2 is 1.63 bits per heavy atom. The molecule has 0 spiro atoms. The highest BCUT2D eigenvalue weighted by molar-refractivity contribution is 6.02. The van der Waals surface area contributed by atoms with Crippen molar-refractivity contribution >= 4 is 22.4 Å². The molecule has 0 fully saturated rings. The number of nitrogens with one attached hydrogen (secondary N) is 1. The van der Waals surface area contributed by atoms with E-state index in [0.29, 0.717) is 12.3 Å². The molecule has 0 unspecified atom stereocenters. The van der Waals surface area contributed by atoms with Crippen LogP contribution in [-0.4, -0.2) is 27.2 Å². The predicted octanol–water partition coefficient (Wildman–Crippen LogP) is 6.15. The lowest BCUT2D eigenvalue weighted by molar-refractivity contribution is -0.116. The standard InChI is InChI=1S/C29H29NO5/c1-18(14-27(31)30-16-20-10-6-8-12-25(20)32-3)22-15-23-24(21-11-7-9-13-26(21)33-4)17-35-29(23)19(2)28(22)34-5/h6-15,17H,16H2,1-5H3,(H,30,31)/b18-14+. The molecular formula is C29H29NO5. The van der Waals surface area contributed by atoms with Gasteiger partial charge in [0.15, 0.2) is 0 Å². The van der Waals surface area contributed by atoms with Crippen molar-refractivity contribution in [3.8, 4) is 28.4 Å². The van der Waals surface area contributed by atoms with Crippen LogP contribution in [-0.2, 0) is 11.3 Å². The second-order valence-electron chi connectivity index (χ2n) is 8.17. The van der Waals surface area contributed by atoms with E-state index in [2.05, 4.69) is 5.32 Å². The first-order valence-electron chi connectivity index (χ1n) is 11.3. The van der Waals surface area contributed by atoms with E-state index in [1.165, 1.54) is 0 Å². The van der Waals surface area contributed by atoms with Crippen molar-refractivity contribution in [2.24, 2.45) is 0 Å². The van der Waals surface area contributed by atoms with Gasteiger partial charge in [0.1, 0.15) is 22.8 Å². The average molecular weight is 472 g/mol. The zero-order chi connectivity index (χ0) is 24.9. The van der Waals surface area contributed by atoms with Gasteiger partial charge in [0.25, 0.3) is 0 Å². The number of hydrogen-bond acceptors (Lipinski definition) is 5. The molecule has 180 valence electrons. The molecule has 0 atom stereocenters. The third-order valence-electron chi connectivity index (χ3n) is 6.06. The van der Waals surface area contributed by atoms with E-state index in [1.807, 2.05) is 68.4 Å². The first kappa shape index (κ1) is 24.0. The summed E-state index contributed by atoms with van der Waals surface area (Å²) >= 11 is 0. The van der Waals surface area contributed by atoms with Crippen LogP contribution in [0.1, 0.15) is 23.6 Å². The van der Waals surface area contributed by atoms with E-state index >= 15 is 0 Å². The van der Waals surface area contributed by atoms with Gasteiger partial charge >= 0.3 is 0 Å². The molecule has 0 saturated heterocycles. The number of fused-ring (bicyclic) bond motifs is 1. The Morgan fingerprint density at radius 1 is 0.943 bits per heavy atom. The number of benzene rings is 3. The summed E-state index contributed by atoms with van der Waals surface area (Å²) in [6.45, 7) is 4.21. The highest BCUT2D eigenvalue weighted by atomic mass is 16.5. The van der Waals surface area contributed by atoms with Gasteiger partial charge in [-0.25, -0.2) is 0 Å². The number of allylic oxidation sites excluding steroid dienone is 1. The van der Waals surface area contributed by atoms with Crippen molar-refractivity contribution in [3.63, 3.8) is 0 Å². The van der Waals surface area contributed by atoms with Crippen LogP contribution in [0.5, 0.6) is 17.2 Å². The first-order chi connectivity index (χ1) is 17.0. The Bertz CT molecular complexity index is 1400. The van der Waals surface area contributed by atoms with Gasteiger partial charge in [-0.05, 0) is 37.6 Å². The number of furan rings is 1. The Kier molecular flexibility index (Phi) is 7.11. The van der Waals surface area contributed by atoms with Crippen LogP contribution in [0.2, 0.25) is 0 Å². The van der Waals surface area contributed by atoms with Gasteiger partial charge in [-0.3, -0.25) is 4.79 Å². The Balaban J connectivity index is 1.70. The van der Waals surface area contributed by atoms with E-state index in [0.717, 1.165) is 55.9 Å². The molecule has 0 radical (unpaired) electrons. The molecule has 6 nitrogen and oxygen atoms in total. The SMILES string of the molecule is COc1ccccc1CNC(=O)/C=C(\C)c1cc2c(-c3ccccc3OC)coc2c(C)c1OC. The quantitative estimate of drug-likeness (QED) is 0.312. The summed E-state index contributed by atoms with van der Waals surface area (Å²) in [6, 6.07) is 17.4. The zero-order valence-corrected chi connectivity index (χ0v) is 20.6. The van der Waals surface area contributed by atoms with Crippen molar-refractivity contribution < 1.29 is 23.4 Å². The molecule has 4 rings (SSSR count). The van der Waals surface area contributed by atoms with Gasteiger partial charge in [-0.2, -0.15) is 0 Å². The molecule has 6 heteroatoms. The molecule has 0 aliphatic heterocycles. The van der Waals surface area contributed by atoms with Gasteiger partial charge in [0.05, 0.1) is 27.6 Å². The second-order valence-corrected chi connectivity index (χ2v) is 8.17. The number of aryl methyl sites for hydroxylation is 1. The maximum atomic E-state index is 12.8. The van der Waals surface area contributed by atoms with Gasteiger partial charge in [-0.15, -0.1) is 0 Å². The van der Waals surface area contributed by atoms with E-state index in [1.54, 1.807) is 33.7 Å². The second kappa shape index (κ2) is 10.4. The molecule has 1 heterocycles. The molecule has 0 aliphatic rings. The summed E-state index contributed by atoms with van der Waals surface area (Å²) in [5.74, 6) is 1.96. The Morgan fingerprint density at radius 3 is 2.34 bits per heavy atom. The van der Waals surface area contributed by atoms with Crippen LogP contribution >= 0.6 is 0 Å². The summed E-state index contributed by atoms with van der Waals surface area (Å²) in [5.41, 5.74) is 5.95. The van der Waals surface area contributed by atoms with Crippen molar-refractivity contribution in [2.75, 3.05) is 21.3 Å². The molecular weight excluding hydrogens is 442 g/mol. The fraction of sp³-hybridized carbons (Fsp3) is 0.207. The average Bonchev–Trinajstić information content (AvgIpc) is 3.31. The minimum atomic E-state index is -0.203. The van der Waals surface area contributed by atoms with E-state index < -0.39 is 0 Å². The lowest BCUT2D eigenvalue weighted by atomic mass is 9.96. The molecule has 4 aromatic rings. The van der Waals surface area contributed by atoms with Crippen molar-refractivity contribution in [2.45, 2.75) is 20.4 Å².